The number of hydrogen-bond acceptors (Lipinski definition) is 5. The van der Waals surface area contributed by atoms with Crippen molar-refractivity contribution in [1.82, 2.24) is 15.1 Å². The van der Waals surface area contributed by atoms with Crippen LogP contribution in [0.1, 0.15) is 61.3 Å². The molecule has 0 bridgehead atoms. The van der Waals surface area contributed by atoms with Gasteiger partial charge in [0.1, 0.15) is 11.5 Å². The van der Waals surface area contributed by atoms with Crippen molar-refractivity contribution in [3.63, 3.8) is 0 Å². The van der Waals surface area contributed by atoms with Gasteiger partial charge in [0.2, 0.25) is 11.8 Å². The van der Waals surface area contributed by atoms with E-state index < -0.39 is 0 Å². The van der Waals surface area contributed by atoms with E-state index in [4.69, 9.17) is 8.83 Å². The van der Waals surface area contributed by atoms with Crippen LogP contribution in [0.5, 0.6) is 0 Å². The third kappa shape index (κ3) is 2.88. The maximum Gasteiger partial charge on any atom is 0.230 e. The molecule has 0 aliphatic heterocycles. The van der Waals surface area contributed by atoms with Crippen molar-refractivity contribution in [2.75, 3.05) is 7.05 Å². The minimum atomic E-state index is 0.518. The largest absolute Gasteiger partial charge is 0.464 e. The third-order valence-corrected chi connectivity index (χ3v) is 4.40. The van der Waals surface area contributed by atoms with Crippen LogP contribution in [0.3, 0.4) is 0 Å². The molecule has 0 unspecified atom stereocenters. The van der Waals surface area contributed by atoms with Gasteiger partial charge in [0.05, 0.1) is 13.1 Å². The van der Waals surface area contributed by atoms with Gasteiger partial charge >= 0.3 is 0 Å². The van der Waals surface area contributed by atoms with Crippen molar-refractivity contribution >= 4 is 0 Å². The topological polar surface area (TPSA) is 55.3 Å². The maximum absolute atomic E-state index is 5.93. The summed E-state index contributed by atoms with van der Waals surface area (Å²) in [6.07, 6.45) is 3.63. The Morgan fingerprint density at radius 3 is 2.71 bits per heavy atom. The molecule has 2 aromatic heterocycles. The summed E-state index contributed by atoms with van der Waals surface area (Å²) in [7, 11) is 2.04. The summed E-state index contributed by atoms with van der Waals surface area (Å²) in [5.74, 6) is 5.59. The van der Waals surface area contributed by atoms with Crippen LogP contribution in [0.2, 0.25) is 0 Å². The molecule has 4 rings (SSSR count). The predicted octanol–water partition coefficient (Wildman–Crippen LogP) is 3.30. The predicted molar refractivity (Wildman–Crippen MR) is 76.7 cm³/mol. The van der Waals surface area contributed by atoms with E-state index in [1.165, 1.54) is 19.3 Å². The molecule has 5 heteroatoms. The van der Waals surface area contributed by atoms with Crippen molar-refractivity contribution in [3.8, 4) is 0 Å². The fraction of sp³-hybridized carbons (Fsp3) is 0.625. The van der Waals surface area contributed by atoms with Crippen molar-refractivity contribution < 1.29 is 8.83 Å². The Morgan fingerprint density at radius 1 is 1.19 bits per heavy atom. The Balaban J connectivity index is 1.34. The summed E-state index contributed by atoms with van der Waals surface area (Å²) >= 11 is 0. The van der Waals surface area contributed by atoms with Gasteiger partial charge in [0, 0.05) is 11.8 Å². The van der Waals surface area contributed by atoms with E-state index in [1.807, 2.05) is 7.05 Å². The molecule has 0 aromatic carbocycles. The lowest BCUT2D eigenvalue weighted by molar-refractivity contribution is 0.254. The Hall–Kier alpha value is -1.62. The second-order valence-corrected chi connectivity index (χ2v) is 6.60. The van der Waals surface area contributed by atoms with Crippen LogP contribution in [0.15, 0.2) is 21.0 Å². The second-order valence-electron chi connectivity index (χ2n) is 6.60. The zero-order chi connectivity index (χ0) is 14.4. The average molecular weight is 287 g/mol. The number of furan rings is 1. The maximum atomic E-state index is 5.93. The molecule has 0 radical (unpaired) electrons. The van der Waals surface area contributed by atoms with Crippen LogP contribution in [-0.2, 0) is 13.1 Å². The van der Waals surface area contributed by atoms with E-state index in [2.05, 4.69) is 34.2 Å². The van der Waals surface area contributed by atoms with Gasteiger partial charge in [-0.25, -0.2) is 0 Å². The van der Waals surface area contributed by atoms with E-state index >= 15 is 0 Å². The summed E-state index contributed by atoms with van der Waals surface area (Å²) in [6, 6.07) is 4.20. The van der Waals surface area contributed by atoms with E-state index in [9.17, 15) is 0 Å². The molecular weight excluding hydrogens is 266 g/mol. The minimum Gasteiger partial charge on any atom is -0.464 e. The van der Waals surface area contributed by atoms with Crippen molar-refractivity contribution in [3.05, 3.63) is 35.4 Å². The van der Waals surface area contributed by atoms with Crippen molar-refractivity contribution in [1.29, 1.82) is 0 Å². The number of hydrogen-bond donors (Lipinski definition) is 0. The number of rotatable bonds is 6. The monoisotopic (exact) mass is 287 g/mol. The van der Waals surface area contributed by atoms with Gasteiger partial charge in [-0.15, -0.1) is 10.2 Å². The Labute approximate surface area is 124 Å². The Kier molecular flexibility index (Phi) is 3.10. The fourth-order valence-electron chi connectivity index (χ4n) is 2.78. The van der Waals surface area contributed by atoms with Crippen molar-refractivity contribution in [2.24, 2.45) is 5.92 Å². The molecular formula is C16H21N3O2. The van der Waals surface area contributed by atoms with Crippen LogP contribution < -0.4 is 0 Å². The van der Waals surface area contributed by atoms with Crippen molar-refractivity contribution in [2.45, 2.75) is 51.1 Å². The summed E-state index contributed by atoms with van der Waals surface area (Å²) in [5.41, 5.74) is 0. The van der Waals surface area contributed by atoms with Crippen LogP contribution in [0.4, 0.5) is 0 Å². The SMILES string of the molecule is C[C@H]1C[C@H]1c1ccc(CN(C)Cc2nnc(C3CC3)o2)o1. The first-order valence-electron chi connectivity index (χ1n) is 7.78. The molecule has 2 heterocycles. The fourth-order valence-corrected chi connectivity index (χ4v) is 2.78. The summed E-state index contributed by atoms with van der Waals surface area (Å²) in [6.45, 7) is 3.70. The lowest BCUT2D eigenvalue weighted by Crippen LogP contribution is -2.17. The first kappa shape index (κ1) is 13.1. The Bertz CT molecular complexity index is 629. The first-order valence-corrected chi connectivity index (χ1v) is 7.78. The van der Waals surface area contributed by atoms with Crippen LogP contribution in [0.25, 0.3) is 0 Å². The first-order chi connectivity index (χ1) is 10.2. The van der Waals surface area contributed by atoms with Gasteiger partial charge in [-0.1, -0.05) is 6.92 Å². The summed E-state index contributed by atoms with van der Waals surface area (Å²) in [5, 5.41) is 8.24. The van der Waals surface area contributed by atoms with E-state index in [0.717, 1.165) is 29.9 Å². The lowest BCUT2D eigenvalue weighted by atomic mass is 10.3. The van der Waals surface area contributed by atoms with Crippen LogP contribution >= 0.6 is 0 Å². The zero-order valence-corrected chi connectivity index (χ0v) is 12.6. The molecule has 21 heavy (non-hydrogen) atoms. The van der Waals surface area contributed by atoms with E-state index in [-0.39, 0.29) is 0 Å². The molecule has 2 aliphatic carbocycles. The number of aromatic nitrogens is 2. The van der Waals surface area contributed by atoms with Crippen LogP contribution in [-0.4, -0.2) is 22.1 Å². The summed E-state index contributed by atoms with van der Waals surface area (Å²) in [4.78, 5) is 2.14. The standard InChI is InChI=1S/C16H21N3O2/c1-10-7-13(10)14-6-5-12(20-14)8-19(2)9-15-17-18-16(21-15)11-3-4-11/h5-6,10-11,13H,3-4,7-9H2,1-2H3/t10-,13+/m0/s1. The zero-order valence-electron chi connectivity index (χ0n) is 12.6. The van der Waals surface area contributed by atoms with E-state index in [1.54, 1.807) is 0 Å². The normalized spacial score (nSPS) is 24.7. The van der Waals surface area contributed by atoms with Crippen LogP contribution in [0, 0.1) is 5.92 Å². The van der Waals surface area contributed by atoms with Gasteiger partial charge in [-0.3, -0.25) is 4.90 Å². The minimum absolute atomic E-state index is 0.518. The third-order valence-electron chi connectivity index (χ3n) is 4.40. The smallest absolute Gasteiger partial charge is 0.230 e. The highest BCUT2D eigenvalue weighted by molar-refractivity contribution is 5.17. The molecule has 2 aliphatic rings. The van der Waals surface area contributed by atoms with Gasteiger partial charge in [0.15, 0.2) is 0 Å². The molecule has 0 spiro atoms. The molecule has 5 nitrogen and oxygen atoms in total. The quantitative estimate of drug-likeness (QED) is 0.816. The summed E-state index contributed by atoms with van der Waals surface area (Å²) < 4.78 is 11.6. The van der Waals surface area contributed by atoms with E-state index in [0.29, 0.717) is 24.3 Å². The molecule has 2 atom stereocenters. The van der Waals surface area contributed by atoms with Gasteiger partial charge < -0.3 is 8.83 Å². The second kappa shape index (κ2) is 4.98. The molecule has 112 valence electrons. The van der Waals surface area contributed by atoms with Gasteiger partial charge in [-0.2, -0.15) is 0 Å². The highest BCUT2D eigenvalue weighted by Crippen LogP contribution is 2.47. The number of nitrogens with zero attached hydrogens (tertiary/aromatic N) is 3. The molecule has 2 fully saturated rings. The molecule has 0 N–H and O–H groups in total. The van der Waals surface area contributed by atoms with Gasteiger partial charge in [0.25, 0.3) is 0 Å². The highest BCUT2D eigenvalue weighted by atomic mass is 16.4. The lowest BCUT2D eigenvalue weighted by Gasteiger charge is -2.11. The highest BCUT2D eigenvalue weighted by Gasteiger charge is 2.36. The Morgan fingerprint density at radius 2 is 2.00 bits per heavy atom. The molecule has 0 saturated heterocycles. The molecule has 0 amide bonds. The van der Waals surface area contributed by atoms with Gasteiger partial charge in [-0.05, 0) is 44.4 Å². The molecule has 2 saturated carbocycles. The molecule has 2 aromatic rings. The average Bonchev–Trinajstić information content (AvgIpc) is 3.33.